The Morgan fingerprint density at radius 3 is 2.54 bits per heavy atom. The van der Waals surface area contributed by atoms with Crippen molar-refractivity contribution in [1.82, 2.24) is 4.90 Å². The van der Waals surface area contributed by atoms with E-state index in [1.54, 1.807) is 7.11 Å². The molecule has 1 amide bonds. The average molecular weight is 375 g/mol. The van der Waals surface area contributed by atoms with Crippen LogP contribution in [0.2, 0.25) is 0 Å². The number of amides is 1. The molecule has 0 radical (unpaired) electrons. The standard InChI is InChI=1S/C23H25N3O2/c1-28-20-9-5-8-19(16-20)26-14-12-25(13-15-26)17-23(27)24-22-11-4-7-18-6-2-3-10-21(18)22/h2-11,16H,12-15,17H2,1H3,(H,24,27). The van der Waals surface area contributed by atoms with Gasteiger partial charge in [0.1, 0.15) is 5.75 Å². The summed E-state index contributed by atoms with van der Waals surface area (Å²) in [6.07, 6.45) is 0. The van der Waals surface area contributed by atoms with Crippen molar-refractivity contribution < 1.29 is 9.53 Å². The summed E-state index contributed by atoms with van der Waals surface area (Å²) in [4.78, 5) is 17.1. The van der Waals surface area contributed by atoms with Crippen LogP contribution in [-0.4, -0.2) is 50.6 Å². The number of piperazine rings is 1. The zero-order valence-corrected chi connectivity index (χ0v) is 16.1. The SMILES string of the molecule is COc1cccc(N2CCN(CC(=O)Nc3cccc4ccccc34)CC2)c1. The van der Waals surface area contributed by atoms with Crippen molar-refractivity contribution in [3.63, 3.8) is 0 Å². The van der Waals surface area contributed by atoms with Gasteiger partial charge in [-0.1, -0.05) is 42.5 Å². The summed E-state index contributed by atoms with van der Waals surface area (Å²) in [5.41, 5.74) is 2.04. The normalized spacial score (nSPS) is 14.8. The van der Waals surface area contributed by atoms with E-state index in [1.165, 1.54) is 5.69 Å². The molecule has 5 heteroatoms. The number of nitrogens with zero attached hydrogens (tertiary/aromatic N) is 2. The molecule has 0 aromatic heterocycles. The second-order valence-corrected chi connectivity index (χ2v) is 7.04. The van der Waals surface area contributed by atoms with E-state index in [0.717, 1.165) is 48.4 Å². The topological polar surface area (TPSA) is 44.8 Å². The predicted octanol–water partition coefficient (Wildman–Crippen LogP) is 3.61. The fourth-order valence-electron chi connectivity index (χ4n) is 3.70. The lowest BCUT2D eigenvalue weighted by Gasteiger charge is -2.35. The molecule has 0 bridgehead atoms. The number of carbonyl (C=O) groups is 1. The number of carbonyl (C=O) groups excluding carboxylic acids is 1. The molecule has 0 aliphatic carbocycles. The van der Waals surface area contributed by atoms with Gasteiger partial charge in [-0.25, -0.2) is 0 Å². The minimum absolute atomic E-state index is 0.0335. The highest BCUT2D eigenvalue weighted by Gasteiger charge is 2.19. The molecule has 4 rings (SSSR count). The van der Waals surface area contributed by atoms with Crippen molar-refractivity contribution >= 4 is 28.1 Å². The minimum atomic E-state index is 0.0335. The lowest BCUT2D eigenvalue weighted by atomic mass is 10.1. The third-order valence-corrected chi connectivity index (χ3v) is 5.22. The number of benzene rings is 3. The third kappa shape index (κ3) is 4.10. The highest BCUT2D eigenvalue weighted by Crippen LogP contribution is 2.24. The van der Waals surface area contributed by atoms with Crippen LogP contribution in [0.25, 0.3) is 10.8 Å². The zero-order chi connectivity index (χ0) is 19.3. The zero-order valence-electron chi connectivity index (χ0n) is 16.1. The van der Waals surface area contributed by atoms with Gasteiger partial charge in [0, 0.05) is 49.0 Å². The summed E-state index contributed by atoms with van der Waals surface area (Å²) in [7, 11) is 1.69. The van der Waals surface area contributed by atoms with Crippen LogP contribution in [0.4, 0.5) is 11.4 Å². The molecule has 0 spiro atoms. The third-order valence-electron chi connectivity index (χ3n) is 5.22. The van der Waals surface area contributed by atoms with Crippen molar-refractivity contribution in [3.05, 3.63) is 66.7 Å². The molecule has 5 nitrogen and oxygen atoms in total. The van der Waals surface area contributed by atoms with Crippen LogP contribution < -0.4 is 15.0 Å². The quantitative estimate of drug-likeness (QED) is 0.740. The van der Waals surface area contributed by atoms with Crippen molar-refractivity contribution in [1.29, 1.82) is 0 Å². The van der Waals surface area contributed by atoms with Crippen LogP contribution in [0.15, 0.2) is 66.7 Å². The van der Waals surface area contributed by atoms with Crippen LogP contribution in [0.5, 0.6) is 5.75 Å². The molecule has 0 unspecified atom stereocenters. The van der Waals surface area contributed by atoms with E-state index in [-0.39, 0.29) is 5.91 Å². The smallest absolute Gasteiger partial charge is 0.238 e. The van der Waals surface area contributed by atoms with Crippen molar-refractivity contribution in [2.24, 2.45) is 0 Å². The van der Waals surface area contributed by atoms with Crippen molar-refractivity contribution in [3.8, 4) is 5.75 Å². The van der Waals surface area contributed by atoms with Gasteiger partial charge in [-0.2, -0.15) is 0 Å². The van der Waals surface area contributed by atoms with E-state index in [4.69, 9.17) is 4.74 Å². The Bertz CT molecular complexity index is 959. The molecule has 0 saturated carbocycles. The number of rotatable bonds is 5. The molecule has 3 aromatic rings. The van der Waals surface area contributed by atoms with E-state index in [2.05, 4.69) is 39.4 Å². The lowest BCUT2D eigenvalue weighted by Crippen LogP contribution is -2.48. The molecule has 1 fully saturated rings. The maximum Gasteiger partial charge on any atom is 0.238 e. The van der Waals surface area contributed by atoms with Gasteiger partial charge in [0.05, 0.1) is 13.7 Å². The minimum Gasteiger partial charge on any atom is -0.497 e. The number of methoxy groups -OCH3 is 1. The maximum atomic E-state index is 12.6. The molecular formula is C23H25N3O2. The molecule has 1 aliphatic heterocycles. The number of hydrogen-bond acceptors (Lipinski definition) is 4. The second kappa shape index (κ2) is 8.31. The monoisotopic (exact) mass is 375 g/mol. The molecule has 1 N–H and O–H groups in total. The van der Waals surface area contributed by atoms with Gasteiger partial charge >= 0.3 is 0 Å². The molecular weight excluding hydrogens is 350 g/mol. The highest BCUT2D eigenvalue weighted by atomic mass is 16.5. The summed E-state index contributed by atoms with van der Waals surface area (Å²) in [6.45, 7) is 3.93. The Balaban J connectivity index is 1.33. The molecule has 3 aromatic carbocycles. The van der Waals surface area contributed by atoms with Crippen LogP contribution in [-0.2, 0) is 4.79 Å². The van der Waals surface area contributed by atoms with Crippen LogP contribution in [0.3, 0.4) is 0 Å². The maximum absolute atomic E-state index is 12.6. The van der Waals surface area contributed by atoms with E-state index in [0.29, 0.717) is 6.54 Å². The fourth-order valence-corrected chi connectivity index (χ4v) is 3.70. The van der Waals surface area contributed by atoms with E-state index >= 15 is 0 Å². The number of ether oxygens (including phenoxy) is 1. The first-order chi connectivity index (χ1) is 13.7. The van der Waals surface area contributed by atoms with Gasteiger partial charge in [-0.05, 0) is 23.6 Å². The Hall–Kier alpha value is -3.05. The first-order valence-corrected chi connectivity index (χ1v) is 9.62. The fraction of sp³-hybridized carbons (Fsp3) is 0.261. The molecule has 1 heterocycles. The summed E-state index contributed by atoms with van der Waals surface area (Å²) in [5, 5.41) is 5.28. The van der Waals surface area contributed by atoms with E-state index < -0.39 is 0 Å². The Morgan fingerprint density at radius 1 is 0.964 bits per heavy atom. The summed E-state index contributed by atoms with van der Waals surface area (Å²) < 4.78 is 5.32. The van der Waals surface area contributed by atoms with Gasteiger partial charge in [-0.3, -0.25) is 9.69 Å². The number of fused-ring (bicyclic) bond motifs is 1. The van der Waals surface area contributed by atoms with Crippen LogP contribution >= 0.6 is 0 Å². The van der Waals surface area contributed by atoms with E-state index in [1.807, 2.05) is 42.5 Å². The molecule has 144 valence electrons. The van der Waals surface area contributed by atoms with Gasteiger partial charge in [0.2, 0.25) is 5.91 Å². The first-order valence-electron chi connectivity index (χ1n) is 9.62. The number of nitrogens with one attached hydrogen (secondary N) is 1. The summed E-state index contributed by atoms with van der Waals surface area (Å²) in [5.74, 6) is 0.903. The summed E-state index contributed by atoms with van der Waals surface area (Å²) >= 11 is 0. The molecule has 0 atom stereocenters. The largest absolute Gasteiger partial charge is 0.497 e. The van der Waals surface area contributed by atoms with Crippen molar-refractivity contribution in [2.75, 3.05) is 50.1 Å². The number of hydrogen-bond donors (Lipinski definition) is 1. The Morgan fingerprint density at radius 2 is 1.71 bits per heavy atom. The van der Waals surface area contributed by atoms with Gasteiger partial charge in [0.15, 0.2) is 0 Å². The molecule has 1 saturated heterocycles. The first kappa shape index (κ1) is 18.3. The van der Waals surface area contributed by atoms with E-state index in [9.17, 15) is 4.79 Å². The predicted molar refractivity (Wildman–Crippen MR) is 114 cm³/mol. The second-order valence-electron chi connectivity index (χ2n) is 7.04. The highest BCUT2D eigenvalue weighted by molar-refractivity contribution is 6.02. The molecule has 28 heavy (non-hydrogen) atoms. The van der Waals surface area contributed by atoms with Crippen molar-refractivity contribution in [2.45, 2.75) is 0 Å². The van der Waals surface area contributed by atoms with Gasteiger partial charge in [-0.15, -0.1) is 0 Å². The Kier molecular flexibility index (Phi) is 5.44. The number of anilines is 2. The lowest BCUT2D eigenvalue weighted by molar-refractivity contribution is -0.117. The van der Waals surface area contributed by atoms with Crippen LogP contribution in [0.1, 0.15) is 0 Å². The molecule has 1 aliphatic rings. The summed E-state index contributed by atoms with van der Waals surface area (Å²) in [6, 6.07) is 22.2. The van der Waals surface area contributed by atoms with Gasteiger partial charge in [0.25, 0.3) is 0 Å². The van der Waals surface area contributed by atoms with Gasteiger partial charge < -0.3 is 15.0 Å². The Labute approximate surface area is 165 Å². The average Bonchev–Trinajstić information content (AvgIpc) is 2.74. The van der Waals surface area contributed by atoms with Crippen LogP contribution in [0, 0.1) is 0 Å².